The summed E-state index contributed by atoms with van der Waals surface area (Å²) in [5.41, 5.74) is -0.512. The van der Waals surface area contributed by atoms with E-state index in [1.807, 2.05) is 0 Å². The molecule has 0 heterocycles. The molecule has 0 aliphatic rings. The SMILES string of the molecule is CC(CO)(CO)CSCCS(C)(=O)=O. The fraction of sp³-hybridized carbons (Fsp3) is 1.00. The summed E-state index contributed by atoms with van der Waals surface area (Å²) in [5.74, 6) is 1.22. The number of thioether (sulfide) groups is 1. The monoisotopic (exact) mass is 242 g/mol. The molecular formula is C8H18O4S2. The van der Waals surface area contributed by atoms with E-state index in [4.69, 9.17) is 10.2 Å². The third kappa shape index (κ3) is 6.64. The highest BCUT2D eigenvalue weighted by molar-refractivity contribution is 8.00. The zero-order valence-electron chi connectivity index (χ0n) is 8.56. The van der Waals surface area contributed by atoms with Crippen LogP contribution >= 0.6 is 11.8 Å². The Kier molecular flexibility index (Phi) is 6.04. The van der Waals surface area contributed by atoms with Crippen molar-refractivity contribution in [1.29, 1.82) is 0 Å². The van der Waals surface area contributed by atoms with Crippen molar-refractivity contribution >= 4 is 21.6 Å². The van der Waals surface area contributed by atoms with Crippen molar-refractivity contribution in [1.82, 2.24) is 0 Å². The fourth-order valence-corrected chi connectivity index (χ4v) is 3.17. The maximum absolute atomic E-state index is 10.8. The van der Waals surface area contributed by atoms with Gasteiger partial charge in [0.15, 0.2) is 0 Å². The van der Waals surface area contributed by atoms with Crippen molar-refractivity contribution in [2.24, 2.45) is 5.41 Å². The quantitative estimate of drug-likeness (QED) is 0.602. The summed E-state index contributed by atoms with van der Waals surface area (Å²) in [6.45, 7) is 1.59. The van der Waals surface area contributed by atoms with Gasteiger partial charge in [-0.05, 0) is 0 Å². The van der Waals surface area contributed by atoms with E-state index in [2.05, 4.69) is 0 Å². The molecule has 0 aromatic rings. The summed E-state index contributed by atoms with van der Waals surface area (Å²) >= 11 is 1.44. The van der Waals surface area contributed by atoms with Gasteiger partial charge in [0.1, 0.15) is 9.84 Å². The zero-order valence-corrected chi connectivity index (χ0v) is 10.2. The minimum absolute atomic E-state index is 0.0879. The maximum atomic E-state index is 10.8. The molecule has 14 heavy (non-hydrogen) atoms. The Morgan fingerprint density at radius 2 is 1.79 bits per heavy atom. The summed E-state index contributed by atoms with van der Waals surface area (Å²) in [7, 11) is -2.90. The molecule has 4 nitrogen and oxygen atoms in total. The molecule has 0 bridgehead atoms. The second-order valence-corrected chi connectivity index (χ2v) is 7.17. The molecule has 2 N–H and O–H groups in total. The number of aliphatic hydroxyl groups excluding tert-OH is 2. The van der Waals surface area contributed by atoms with Crippen LogP contribution in [0.5, 0.6) is 0 Å². The molecule has 6 heteroatoms. The van der Waals surface area contributed by atoms with Gasteiger partial charge < -0.3 is 10.2 Å². The normalized spacial score (nSPS) is 13.1. The highest BCUT2D eigenvalue weighted by Gasteiger charge is 2.22. The molecule has 0 rings (SSSR count). The molecular weight excluding hydrogens is 224 g/mol. The van der Waals surface area contributed by atoms with E-state index in [1.165, 1.54) is 18.0 Å². The van der Waals surface area contributed by atoms with Crippen molar-refractivity contribution in [2.75, 3.05) is 36.7 Å². The predicted octanol–water partition coefficient (Wildman–Crippen LogP) is -0.245. The van der Waals surface area contributed by atoms with E-state index in [9.17, 15) is 8.42 Å². The molecule has 0 radical (unpaired) electrons. The lowest BCUT2D eigenvalue weighted by Crippen LogP contribution is -2.29. The molecule has 0 aliphatic heterocycles. The second-order valence-electron chi connectivity index (χ2n) is 3.81. The van der Waals surface area contributed by atoms with Crippen LogP contribution in [-0.4, -0.2) is 55.4 Å². The Balaban J connectivity index is 3.74. The highest BCUT2D eigenvalue weighted by Crippen LogP contribution is 2.21. The van der Waals surface area contributed by atoms with Gasteiger partial charge in [-0.15, -0.1) is 0 Å². The molecule has 0 spiro atoms. The Bertz CT molecular complexity index is 244. The lowest BCUT2D eigenvalue weighted by atomic mass is 9.96. The molecule has 0 saturated heterocycles. The summed E-state index contributed by atoms with van der Waals surface area (Å²) in [6, 6.07) is 0. The fourth-order valence-electron chi connectivity index (χ4n) is 0.670. The van der Waals surface area contributed by atoms with Crippen LogP contribution in [0.1, 0.15) is 6.92 Å². The highest BCUT2D eigenvalue weighted by atomic mass is 32.2. The topological polar surface area (TPSA) is 74.6 Å². The lowest BCUT2D eigenvalue weighted by Gasteiger charge is -2.23. The second kappa shape index (κ2) is 5.95. The number of sulfone groups is 1. The predicted molar refractivity (Wildman–Crippen MR) is 59.3 cm³/mol. The number of rotatable bonds is 7. The first-order chi connectivity index (χ1) is 6.33. The molecule has 0 fully saturated rings. The zero-order chi connectivity index (χ0) is 11.2. The number of hydrogen-bond donors (Lipinski definition) is 2. The van der Waals surface area contributed by atoms with Crippen LogP contribution in [0.15, 0.2) is 0 Å². The first-order valence-electron chi connectivity index (χ1n) is 4.30. The van der Waals surface area contributed by atoms with Crippen LogP contribution in [0.3, 0.4) is 0 Å². The first kappa shape index (κ1) is 14.2. The Labute approximate surface area is 89.6 Å². The molecule has 0 aromatic carbocycles. The van der Waals surface area contributed by atoms with Crippen LogP contribution in [-0.2, 0) is 9.84 Å². The van der Waals surface area contributed by atoms with Gasteiger partial charge in [0.2, 0.25) is 0 Å². The number of hydrogen-bond acceptors (Lipinski definition) is 5. The van der Waals surface area contributed by atoms with Gasteiger partial charge in [-0.1, -0.05) is 6.92 Å². The standard InChI is InChI=1S/C8H18O4S2/c1-8(5-9,6-10)7-13-3-4-14(2,11)12/h9-10H,3-7H2,1-2H3. The summed E-state index contributed by atoms with van der Waals surface area (Å²) in [5, 5.41) is 17.9. The minimum atomic E-state index is -2.90. The largest absolute Gasteiger partial charge is 0.396 e. The third-order valence-electron chi connectivity index (χ3n) is 1.81. The van der Waals surface area contributed by atoms with Gasteiger partial charge in [-0.25, -0.2) is 8.42 Å². The van der Waals surface area contributed by atoms with E-state index < -0.39 is 15.3 Å². The van der Waals surface area contributed by atoms with E-state index in [1.54, 1.807) is 6.92 Å². The third-order valence-corrected chi connectivity index (χ3v) is 4.41. The van der Waals surface area contributed by atoms with Gasteiger partial charge in [0, 0.05) is 23.2 Å². The minimum Gasteiger partial charge on any atom is -0.396 e. The van der Waals surface area contributed by atoms with E-state index in [-0.39, 0.29) is 19.0 Å². The van der Waals surface area contributed by atoms with Gasteiger partial charge >= 0.3 is 0 Å². The van der Waals surface area contributed by atoms with Crippen molar-refractivity contribution in [3.63, 3.8) is 0 Å². The van der Waals surface area contributed by atoms with Gasteiger partial charge in [-0.3, -0.25) is 0 Å². The van der Waals surface area contributed by atoms with Gasteiger partial charge in [0.05, 0.1) is 19.0 Å². The van der Waals surface area contributed by atoms with Gasteiger partial charge in [-0.2, -0.15) is 11.8 Å². The van der Waals surface area contributed by atoms with Crippen LogP contribution in [0.2, 0.25) is 0 Å². The Hall–Kier alpha value is 0.220. The average molecular weight is 242 g/mol. The van der Waals surface area contributed by atoms with Crippen LogP contribution in [0, 0.1) is 5.41 Å². The molecule has 0 amide bonds. The van der Waals surface area contributed by atoms with Crippen molar-refractivity contribution in [3.05, 3.63) is 0 Å². The molecule has 0 aliphatic carbocycles. The lowest BCUT2D eigenvalue weighted by molar-refractivity contribution is 0.0895. The van der Waals surface area contributed by atoms with Crippen molar-refractivity contribution in [3.8, 4) is 0 Å². The van der Waals surface area contributed by atoms with Gasteiger partial charge in [0.25, 0.3) is 0 Å². The molecule has 86 valence electrons. The Morgan fingerprint density at radius 3 is 2.14 bits per heavy atom. The molecule has 0 saturated carbocycles. The molecule has 0 aromatic heterocycles. The summed E-state index contributed by atoms with van der Waals surface area (Å²) < 4.78 is 21.6. The van der Waals surface area contributed by atoms with Crippen molar-refractivity contribution in [2.45, 2.75) is 6.92 Å². The molecule has 0 atom stereocenters. The van der Waals surface area contributed by atoms with Crippen LogP contribution in [0.4, 0.5) is 0 Å². The van der Waals surface area contributed by atoms with E-state index >= 15 is 0 Å². The van der Waals surface area contributed by atoms with Crippen molar-refractivity contribution < 1.29 is 18.6 Å². The van der Waals surface area contributed by atoms with E-state index in [0.717, 1.165) is 0 Å². The average Bonchev–Trinajstić information content (AvgIpc) is 2.11. The van der Waals surface area contributed by atoms with E-state index in [0.29, 0.717) is 11.5 Å². The summed E-state index contributed by atoms with van der Waals surface area (Å²) in [6.07, 6.45) is 1.20. The van der Waals surface area contributed by atoms with Crippen LogP contribution < -0.4 is 0 Å². The maximum Gasteiger partial charge on any atom is 0.148 e. The smallest absolute Gasteiger partial charge is 0.148 e. The van der Waals surface area contributed by atoms with Crippen LogP contribution in [0.25, 0.3) is 0 Å². The summed E-state index contributed by atoms with van der Waals surface area (Å²) in [4.78, 5) is 0. The Morgan fingerprint density at radius 1 is 1.29 bits per heavy atom. The first-order valence-corrected chi connectivity index (χ1v) is 7.52. The molecule has 0 unspecified atom stereocenters. The number of aliphatic hydroxyl groups is 2.